The number of sulfonamides is 1. The fourth-order valence-electron chi connectivity index (χ4n) is 1.85. The van der Waals surface area contributed by atoms with Crippen LogP contribution in [0.25, 0.3) is 0 Å². The summed E-state index contributed by atoms with van der Waals surface area (Å²) in [6, 6.07) is 7.67. The van der Waals surface area contributed by atoms with Crippen molar-refractivity contribution in [3.05, 3.63) is 29.8 Å². The molecule has 2 rings (SSSR count). The minimum atomic E-state index is -3.86. The van der Waals surface area contributed by atoms with Gasteiger partial charge in [0.1, 0.15) is 6.07 Å². The molecule has 0 aliphatic carbocycles. The standard InChI is InChI=1S/C11H12N2O4S/c12-5-8-3-1-2-4-11(8)18(16,17)13-6-9(14)10(15)7-13/h1-4,9-10,14-15H,6-7H2/t9-,10+. The number of aliphatic hydroxyl groups excluding tert-OH is 2. The lowest BCUT2D eigenvalue weighted by molar-refractivity contribution is 0.0572. The van der Waals surface area contributed by atoms with Crippen molar-refractivity contribution in [2.45, 2.75) is 17.1 Å². The number of aliphatic hydroxyl groups is 2. The van der Waals surface area contributed by atoms with E-state index in [0.29, 0.717) is 0 Å². The van der Waals surface area contributed by atoms with Crippen LogP contribution in [0.15, 0.2) is 29.2 Å². The molecule has 7 heteroatoms. The second kappa shape index (κ2) is 4.66. The zero-order valence-corrected chi connectivity index (χ0v) is 10.2. The van der Waals surface area contributed by atoms with E-state index in [1.165, 1.54) is 18.2 Å². The Hall–Kier alpha value is -1.46. The summed E-state index contributed by atoms with van der Waals surface area (Å²) in [5.74, 6) is 0. The zero-order chi connectivity index (χ0) is 13.3. The maximum absolute atomic E-state index is 12.3. The molecule has 1 fully saturated rings. The number of nitrogens with zero attached hydrogens (tertiary/aromatic N) is 2. The fraction of sp³-hybridized carbons (Fsp3) is 0.364. The average molecular weight is 268 g/mol. The van der Waals surface area contributed by atoms with Crippen LogP contribution in [0.1, 0.15) is 5.56 Å². The van der Waals surface area contributed by atoms with Crippen LogP contribution in [0.4, 0.5) is 0 Å². The molecule has 2 N–H and O–H groups in total. The molecule has 0 bridgehead atoms. The van der Waals surface area contributed by atoms with Gasteiger partial charge in [-0.2, -0.15) is 9.57 Å². The van der Waals surface area contributed by atoms with Gasteiger partial charge in [0, 0.05) is 13.1 Å². The van der Waals surface area contributed by atoms with Gasteiger partial charge in [-0.25, -0.2) is 8.42 Å². The molecule has 2 atom stereocenters. The molecule has 1 aromatic carbocycles. The molecular weight excluding hydrogens is 256 g/mol. The zero-order valence-electron chi connectivity index (χ0n) is 9.39. The molecule has 0 spiro atoms. The van der Waals surface area contributed by atoms with E-state index < -0.39 is 22.2 Å². The van der Waals surface area contributed by atoms with Gasteiger partial charge >= 0.3 is 0 Å². The van der Waals surface area contributed by atoms with Crippen LogP contribution < -0.4 is 0 Å². The number of hydrogen-bond donors (Lipinski definition) is 2. The second-order valence-electron chi connectivity index (χ2n) is 4.06. The minimum Gasteiger partial charge on any atom is -0.389 e. The van der Waals surface area contributed by atoms with E-state index >= 15 is 0 Å². The summed E-state index contributed by atoms with van der Waals surface area (Å²) < 4.78 is 25.5. The van der Waals surface area contributed by atoms with Crippen molar-refractivity contribution in [1.82, 2.24) is 4.31 Å². The van der Waals surface area contributed by atoms with Crippen LogP contribution in [0.3, 0.4) is 0 Å². The fourth-order valence-corrected chi connectivity index (χ4v) is 3.47. The highest BCUT2D eigenvalue weighted by Gasteiger charge is 2.38. The first-order valence-electron chi connectivity index (χ1n) is 5.32. The van der Waals surface area contributed by atoms with Gasteiger partial charge in [0.05, 0.1) is 22.7 Å². The SMILES string of the molecule is N#Cc1ccccc1S(=O)(=O)N1C[C@@H](O)[C@@H](O)C1. The molecule has 0 unspecified atom stereocenters. The van der Waals surface area contributed by atoms with Crippen molar-refractivity contribution in [3.63, 3.8) is 0 Å². The summed E-state index contributed by atoms with van der Waals surface area (Å²) >= 11 is 0. The number of benzene rings is 1. The Kier molecular flexibility index (Phi) is 3.36. The maximum Gasteiger partial charge on any atom is 0.244 e. The van der Waals surface area contributed by atoms with E-state index in [0.717, 1.165) is 4.31 Å². The van der Waals surface area contributed by atoms with Gasteiger partial charge in [-0.3, -0.25) is 0 Å². The van der Waals surface area contributed by atoms with E-state index in [1.54, 1.807) is 6.07 Å². The van der Waals surface area contributed by atoms with Crippen molar-refractivity contribution >= 4 is 10.0 Å². The third-order valence-electron chi connectivity index (χ3n) is 2.85. The van der Waals surface area contributed by atoms with Gasteiger partial charge in [0.15, 0.2) is 0 Å². The predicted octanol–water partition coefficient (Wildman–Crippen LogP) is -0.716. The molecular formula is C11H12N2O4S. The molecule has 1 aliphatic heterocycles. The molecule has 0 aromatic heterocycles. The minimum absolute atomic E-state index is 0.0494. The molecule has 0 saturated carbocycles. The molecule has 96 valence electrons. The number of hydrogen-bond acceptors (Lipinski definition) is 5. The van der Waals surface area contributed by atoms with Gasteiger partial charge in [0.2, 0.25) is 10.0 Å². The molecule has 18 heavy (non-hydrogen) atoms. The summed E-state index contributed by atoms with van der Waals surface area (Å²) in [6.45, 7) is -0.327. The van der Waals surface area contributed by atoms with E-state index in [9.17, 15) is 18.6 Å². The van der Waals surface area contributed by atoms with Crippen LogP contribution in [0.5, 0.6) is 0 Å². The van der Waals surface area contributed by atoms with Gasteiger partial charge < -0.3 is 10.2 Å². The molecule has 1 aliphatic rings. The number of nitriles is 1. The van der Waals surface area contributed by atoms with Gasteiger partial charge in [0.25, 0.3) is 0 Å². The molecule has 1 heterocycles. The third-order valence-corrected chi connectivity index (χ3v) is 4.74. The van der Waals surface area contributed by atoms with E-state index in [2.05, 4.69) is 0 Å². The largest absolute Gasteiger partial charge is 0.389 e. The Morgan fingerprint density at radius 1 is 1.22 bits per heavy atom. The van der Waals surface area contributed by atoms with Crippen molar-refractivity contribution in [2.24, 2.45) is 0 Å². The Bertz CT molecular complexity index is 583. The molecule has 1 aromatic rings. The molecule has 0 amide bonds. The van der Waals surface area contributed by atoms with Gasteiger partial charge in [-0.05, 0) is 12.1 Å². The highest BCUT2D eigenvalue weighted by atomic mass is 32.2. The van der Waals surface area contributed by atoms with Crippen LogP contribution in [-0.2, 0) is 10.0 Å². The number of rotatable bonds is 2. The Labute approximate surface area is 105 Å². The third kappa shape index (κ3) is 2.11. The quantitative estimate of drug-likeness (QED) is 0.737. The van der Waals surface area contributed by atoms with Gasteiger partial charge in [-0.1, -0.05) is 12.1 Å². The van der Waals surface area contributed by atoms with E-state index in [-0.39, 0.29) is 23.5 Å². The van der Waals surface area contributed by atoms with Gasteiger partial charge in [-0.15, -0.1) is 0 Å². The Balaban J connectivity index is 2.41. The van der Waals surface area contributed by atoms with Crippen LogP contribution in [-0.4, -0.2) is 48.2 Å². The Morgan fingerprint density at radius 3 is 2.33 bits per heavy atom. The summed E-state index contributed by atoms with van der Waals surface area (Å²) in [5, 5.41) is 27.7. The van der Waals surface area contributed by atoms with Crippen molar-refractivity contribution in [2.75, 3.05) is 13.1 Å². The summed E-state index contributed by atoms with van der Waals surface area (Å²) in [4.78, 5) is -0.103. The van der Waals surface area contributed by atoms with Crippen LogP contribution in [0.2, 0.25) is 0 Å². The monoisotopic (exact) mass is 268 g/mol. The normalized spacial score (nSPS) is 24.9. The lowest BCUT2D eigenvalue weighted by Gasteiger charge is -2.16. The van der Waals surface area contributed by atoms with Crippen molar-refractivity contribution in [3.8, 4) is 6.07 Å². The maximum atomic E-state index is 12.3. The first-order valence-corrected chi connectivity index (χ1v) is 6.76. The predicted molar refractivity (Wildman–Crippen MR) is 61.9 cm³/mol. The lowest BCUT2D eigenvalue weighted by atomic mass is 10.2. The number of β-amino-alcohol motifs (C(OH)–C–C–N with tert-alkyl or cyclic N) is 2. The first-order chi connectivity index (χ1) is 8.46. The van der Waals surface area contributed by atoms with Crippen molar-refractivity contribution < 1.29 is 18.6 Å². The van der Waals surface area contributed by atoms with Crippen LogP contribution >= 0.6 is 0 Å². The second-order valence-corrected chi connectivity index (χ2v) is 5.97. The van der Waals surface area contributed by atoms with E-state index in [1.807, 2.05) is 6.07 Å². The Morgan fingerprint density at radius 2 is 1.78 bits per heavy atom. The summed E-state index contributed by atoms with van der Waals surface area (Å²) in [7, 11) is -3.86. The first kappa shape index (κ1) is 13.0. The molecule has 6 nitrogen and oxygen atoms in total. The highest BCUT2D eigenvalue weighted by Crippen LogP contribution is 2.23. The molecule has 1 saturated heterocycles. The topological polar surface area (TPSA) is 102 Å². The smallest absolute Gasteiger partial charge is 0.244 e. The van der Waals surface area contributed by atoms with E-state index in [4.69, 9.17) is 5.26 Å². The average Bonchev–Trinajstić information content (AvgIpc) is 2.70. The highest BCUT2D eigenvalue weighted by molar-refractivity contribution is 7.89. The van der Waals surface area contributed by atoms with Crippen molar-refractivity contribution in [1.29, 1.82) is 5.26 Å². The van der Waals surface area contributed by atoms with Crippen LogP contribution in [0, 0.1) is 11.3 Å². The summed E-state index contributed by atoms with van der Waals surface area (Å²) in [5.41, 5.74) is 0.0494. The lowest BCUT2D eigenvalue weighted by Crippen LogP contribution is -2.30. The summed E-state index contributed by atoms with van der Waals surface area (Å²) in [6.07, 6.45) is -2.18. The molecule has 0 radical (unpaired) electrons.